The van der Waals surface area contributed by atoms with Gasteiger partial charge in [0.05, 0.1) is 5.69 Å². The van der Waals surface area contributed by atoms with Gasteiger partial charge in [0.1, 0.15) is 5.82 Å². The van der Waals surface area contributed by atoms with Crippen molar-refractivity contribution in [2.75, 3.05) is 6.79 Å². The predicted octanol–water partition coefficient (Wildman–Crippen LogP) is 1.56. The van der Waals surface area contributed by atoms with Crippen molar-refractivity contribution in [1.29, 1.82) is 0 Å². The molecule has 1 aromatic carbocycles. The van der Waals surface area contributed by atoms with Crippen LogP contribution in [0.2, 0.25) is 0 Å². The lowest BCUT2D eigenvalue weighted by molar-refractivity contribution is 0.174. The number of ether oxygens (including phenoxy) is 2. The summed E-state index contributed by atoms with van der Waals surface area (Å²) >= 11 is 0. The summed E-state index contributed by atoms with van der Waals surface area (Å²) in [6.45, 7) is 0.231. The molecule has 98 valence electrons. The second-order valence-electron chi connectivity index (χ2n) is 4.89. The number of aromatic amines is 1. The van der Waals surface area contributed by atoms with Crippen LogP contribution in [0.25, 0.3) is 5.69 Å². The van der Waals surface area contributed by atoms with Crippen molar-refractivity contribution in [2.24, 2.45) is 0 Å². The zero-order chi connectivity index (χ0) is 12.8. The van der Waals surface area contributed by atoms with Gasteiger partial charge in [-0.3, -0.25) is 0 Å². The van der Waals surface area contributed by atoms with Gasteiger partial charge >= 0.3 is 5.69 Å². The molecular weight excluding hydrogens is 246 g/mol. The summed E-state index contributed by atoms with van der Waals surface area (Å²) in [7, 11) is 0. The van der Waals surface area contributed by atoms with Crippen LogP contribution in [0.5, 0.6) is 11.5 Å². The van der Waals surface area contributed by atoms with Crippen LogP contribution in [-0.4, -0.2) is 21.6 Å². The number of rotatable bonds is 2. The third-order valence-corrected chi connectivity index (χ3v) is 3.78. The van der Waals surface area contributed by atoms with E-state index in [0.717, 1.165) is 24.4 Å². The molecular formula is C13H13N3O3. The van der Waals surface area contributed by atoms with E-state index in [4.69, 9.17) is 9.47 Å². The SMILES string of the molecule is O=c1[nH]nc(C2CCC2)n1-c1ccc2c(c1)OCO2. The van der Waals surface area contributed by atoms with Crippen LogP contribution in [0.15, 0.2) is 23.0 Å². The number of nitrogens with one attached hydrogen (secondary N) is 1. The van der Waals surface area contributed by atoms with Gasteiger partial charge in [0.2, 0.25) is 6.79 Å². The number of benzene rings is 1. The first-order chi connectivity index (χ1) is 9.33. The minimum absolute atomic E-state index is 0.208. The highest BCUT2D eigenvalue weighted by Gasteiger charge is 2.27. The first-order valence-corrected chi connectivity index (χ1v) is 6.40. The largest absolute Gasteiger partial charge is 0.454 e. The van der Waals surface area contributed by atoms with E-state index in [1.165, 1.54) is 6.42 Å². The van der Waals surface area contributed by atoms with Crippen molar-refractivity contribution in [1.82, 2.24) is 14.8 Å². The fourth-order valence-electron chi connectivity index (χ4n) is 2.52. The molecule has 0 radical (unpaired) electrons. The van der Waals surface area contributed by atoms with Gasteiger partial charge in [-0.25, -0.2) is 14.5 Å². The molecule has 1 saturated carbocycles. The molecule has 0 bridgehead atoms. The highest BCUT2D eigenvalue weighted by molar-refractivity contribution is 5.50. The molecule has 19 heavy (non-hydrogen) atoms. The number of hydrogen-bond donors (Lipinski definition) is 1. The van der Waals surface area contributed by atoms with Crippen LogP contribution >= 0.6 is 0 Å². The molecule has 1 fully saturated rings. The Hall–Kier alpha value is -2.24. The molecule has 1 aliphatic heterocycles. The Balaban J connectivity index is 1.83. The van der Waals surface area contributed by atoms with Gasteiger partial charge in [-0.05, 0) is 25.0 Å². The molecule has 6 nitrogen and oxygen atoms in total. The summed E-state index contributed by atoms with van der Waals surface area (Å²) < 4.78 is 12.3. The third-order valence-electron chi connectivity index (χ3n) is 3.78. The van der Waals surface area contributed by atoms with Crippen LogP contribution in [0.1, 0.15) is 31.0 Å². The van der Waals surface area contributed by atoms with Crippen molar-refractivity contribution in [2.45, 2.75) is 25.2 Å². The van der Waals surface area contributed by atoms with E-state index < -0.39 is 0 Å². The number of fused-ring (bicyclic) bond motifs is 1. The van der Waals surface area contributed by atoms with E-state index in [2.05, 4.69) is 10.2 Å². The Bertz CT molecular complexity index is 685. The predicted molar refractivity (Wildman–Crippen MR) is 66.9 cm³/mol. The first-order valence-electron chi connectivity index (χ1n) is 6.40. The lowest BCUT2D eigenvalue weighted by atomic mass is 9.85. The summed E-state index contributed by atoms with van der Waals surface area (Å²) in [4.78, 5) is 12.0. The summed E-state index contributed by atoms with van der Waals surface area (Å²) in [5.74, 6) is 2.58. The smallest absolute Gasteiger partial charge is 0.347 e. The zero-order valence-electron chi connectivity index (χ0n) is 10.3. The highest BCUT2D eigenvalue weighted by atomic mass is 16.7. The molecule has 1 aromatic heterocycles. The molecule has 2 aromatic rings. The fraction of sp³-hybridized carbons (Fsp3) is 0.385. The summed E-state index contributed by atoms with van der Waals surface area (Å²) in [5.41, 5.74) is 0.561. The van der Waals surface area contributed by atoms with E-state index in [9.17, 15) is 4.79 Å². The maximum Gasteiger partial charge on any atom is 0.347 e. The van der Waals surface area contributed by atoms with E-state index in [0.29, 0.717) is 17.4 Å². The van der Waals surface area contributed by atoms with E-state index in [1.54, 1.807) is 4.57 Å². The van der Waals surface area contributed by atoms with Crippen LogP contribution in [0, 0.1) is 0 Å². The molecule has 1 aliphatic carbocycles. The molecule has 0 atom stereocenters. The lowest BCUT2D eigenvalue weighted by Crippen LogP contribution is -2.21. The second-order valence-corrected chi connectivity index (χ2v) is 4.89. The zero-order valence-corrected chi connectivity index (χ0v) is 10.3. The molecule has 0 unspecified atom stereocenters. The highest BCUT2D eigenvalue weighted by Crippen LogP contribution is 2.37. The summed E-state index contributed by atoms with van der Waals surface area (Å²) in [5, 5.41) is 6.70. The first kappa shape index (κ1) is 10.7. The van der Waals surface area contributed by atoms with Crippen molar-refractivity contribution in [3.05, 3.63) is 34.5 Å². The van der Waals surface area contributed by atoms with Crippen LogP contribution in [-0.2, 0) is 0 Å². The van der Waals surface area contributed by atoms with E-state index in [1.807, 2.05) is 18.2 Å². The monoisotopic (exact) mass is 259 g/mol. The van der Waals surface area contributed by atoms with Crippen LogP contribution in [0.3, 0.4) is 0 Å². The number of hydrogen-bond acceptors (Lipinski definition) is 4. The van der Waals surface area contributed by atoms with E-state index >= 15 is 0 Å². The normalized spacial score (nSPS) is 17.5. The van der Waals surface area contributed by atoms with Gasteiger partial charge < -0.3 is 9.47 Å². The Kier molecular flexibility index (Phi) is 2.18. The standard InChI is InChI=1S/C13H13N3O3/c17-13-15-14-12(8-2-1-3-8)16(13)9-4-5-10-11(6-9)19-7-18-10/h4-6,8H,1-3,7H2,(H,15,17). The van der Waals surface area contributed by atoms with Crippen molar-refractivity contribution in [3.63, 3.8) is 0 Å². The molecule has 1 N–H and O–H groups in total. The topological polar surface area (TPSA) is 69.1 Å². The van der Waals surface area contributed by atoms with E-state index in [-0.39, 0.29) is 12.5 Å². The summed E-state index contributed by atoms with van der Waals surface area (Å²) in [6, 6.07) is 5.50. The molecule has 2 heterocycles. The minimum atomic E-state index is -0.208. The quantitative estimate of drug-likeness (QED) is 0.888. The third kappa shape index (κ3) is 1.56. The Morgan fingerprint density at radius 3 is 2.89 bits per heavy atom. The van der Waals surface area contributed by atoms with Crippen molar-refractivity contribution in [3.8, 4) is 17.2 Å². The van der Waals surface area contributed by atoms with Crippen LogP contribution < -0.4 is 15.2 Å². The summed E-state index contributed by atoms with van der Waals surface area (Å²) in [6.07, 6.45) is 3.39. The number of H-pyrrole nitrogens is 1. The Labute approximate surface area is 109 Å². The molecule has 2 aliphatic rings. The molecule has 0 spiro atoms. The van der Waals surface area contributed by atoms with Gasteiger partial charge in [-0.2, -0.15) is 5.10 Å². The number of aromatic nitrogens is 3. The van der Waals surface area contributed by atoms with Gasteiger partial charge in [-0.1, -0.05) is 6.42 Å². The van der Waals surface area contributed by atoms with Crippen LogP contribution in [0.4, 0.5) is 0 Å². The van der Waals surface area contributed by atoms with Gasteiger partial charge in [0.25, 0.3) is 0 Å². The minimum Gasteiger partial charge on any atom is -0.454 e. The van der Waals surface area contributed by atoms with Crippen molar-refractivity contribution >= 4 is 0 Å². The molecule has 0 amide bonds. The van der Waals surface area contributed by atoms with Crippen molar-refractivity contribution < 1.29 is 9.47 Å². The van der Waals surface area contributed by atoms with Gasteiger partial charge in [0.15, 0.2) is 11.5 Å². The average Bonchev–Trinajstić information content (AvgIpc) is 2.93. The lowest BCUT2D eigenvalue weighted by Gasteiger charge is -2.24. The maximum absolute atomic E-state index is 12.0. The second kappa shape index (κ2) is 3.88. The van der Waals surface area contributed by atoms with Gasteiger partial charge in [0, 0.05) is 12.0 Å². The Morgan fingerprint density at radius 2 is 2.11 bits per heavy atom. The molecule has 4 rings (SSSR count). The maximum atomic E-state index is 12.0. The average molecular weight is 259 g/mol. The molecule has 0 saturated heterocycles. The fourth-order valence-corrected chi connectivity index (χ4v) is 2.52. The number of nitrogens with zero attached hydrogens (tertiary/aromatic N) is 2. The molecule has 6 heteroatoms. The Morgan fingerprint density at radius 1 is 1.26 bits per heavy atom. The van der Waals surface area contributed by atoms with Gasteiger partial charge in [-0.15, -0.1) is 0 Å².